The molecule has 0 amide bonds. The van der Waals surface area contributed by atoms with E-state index < -0.39 is 14.9 Å². The quantitative estimate of drug-likeness (QED) is 0.506. The smallest absolute Gasteiger partial charge is 0.270 e. The Kier molecular flexibility index (Phi) is 4.12. The number of nitrogens with two attached hydrogens (primary N) is 2. The first-order chi connectivity index (χ1) is 5.37. The Hall–Kier alpha value is -0.170. The van der Waals surface area contributed by atoms with Crippen LogP contribution in [0, 0.1) is 0 Å². The fourth-order valence-electron chi connectivity index (χ4n) is 0.994. The van der Waals surface area contributed by atoms with Crippen molar-refractivity contribution in [2.24, 2.45) is 11.5 Å². The number of rotatable bonds is 5. The summed E-state index contributed by atoms with van der Waals surface area (Å²) in [7, 11) is -4.05. The maximum absolute atomic E-state index is 10.9. The summed E-state index contributed by atoms with van der Waals surface area (Å²) in [6, 6.07) is 0. The molecular weight excluding hydrogens is 180 g/mol. The Balaban J connectivity index is 4.62. The third kappa shape index (κ3) is 2.71. The normalized spacial score (nSPS) is 13.3. The summed E-state index contributed by atoms with van der Waals surface area (Å²) in [6.07, 6.45) is 0.450. The maximum Gasteiger partial charge on any atom is 0.270 e. The highest BCUT2D eigenvalue weighted by Crippen LogP contribution is 2.23. The first-order valence-electron chi connectivity index (χ1n) is 3.74. The van der Waals surface area contributed by atoms with Gasteiger partial charge in [0.15, 0.2) is 0 Å². The molecule has 0 aliphatic carbocycles. The second-order valence-electron chi connectivity index (χ2n) is 3.00. The fourth-order valence-corrected chi connectivity index (χ4v) is 1.75. The van der Waals surface area contributed by atoms with Gasteiger partial charge in [-0.3, -0.25) is 4.55 Å². The minimum Gasteiger partial charge on any atom is -0.330 e. The van der Waals surface area contributed by atoms with Gasteiger partial charge in [0.2, 0.25) is 0 Å². The van der Waals surface area contributed by atoms with Crippen molar-refractivity contribution in [3.05, 3.63) is 0 Å². The van der Waals surface area contributed by atoms with Gasteiger partial charge in [-0.1, -0.05) is 0 Å². The van der Waals surface area contributed by atoms with Gasteiger partial charge in [0, 0.05) is 0 Å². The standard InChI is InChI=1S/C6H16N2O3S/c1-6(2-4-7,3-5-8)12(9,10)11/h2-5,7-8H2,1H3,(H,9,10,11). The van der Waals surface area contributed by atoms with E-state index >= 15 is 0 Å². The summed E-state index contributed by atoms with van der Waals surface area (Å²) in [4.78, 5) is 0. The first-order valence-corrected chi connectivity index (χ1v) is 5.18. The summed E-state index contributed by atoms with van der Waals surface area (Å²) in [5, 5.41) is 0. The molecule has 0 heterocycles. The average Bonchev–Trinajstić information content (AvgIpc) is 1.86. The lowest BCUT2D eigenvalue weighted by atomic mass is 10.0. The molecule has 0 unspecified atom stereocenters. The molecule has 5 nitrogen and oxygen atoms in total. The molecule has 0 rings (SSSR count). The molecule has 0 radical (unpaired) electrons. The topological polar surface area (TPSA) is 106 Å². The van der Waals surface area contributed by atoms with Gasteiger partial charge in [-0.15, -0.1) is 0 Å². The molecule has 0 bridgehead atoms. The van der Waals surface area contributed by atoms with Crippen LogP contribution in [0.15, 0.2) is 0 Å². The van der Waals surface area contributed by atoms with E-state index in [4.69, 9.17) is 16.0 Å². The first kappa shape index (κ1) is 11.8. The van der Waals surface area contributed by atoms with Gasteiger partial charge in [-0.05, 0) is 32.9 Å². The highest BCUT2D eigenvalue weighted by molar-refractivity contribution is 7.87. The predicted molar refractivity (Wildman–Crippen MR) is 47.3 cm³/mol. The van der Waals surface area contributed by atoms with E-state index in [9.17, 15) is 8.42 Å². The van der Waals surface area contributed by atoms with Crippen LogP contribution in [0.3, 0.4) is 0 Å². The molecule has 0 atom stereocenters. The van der Waals surface area contributed by atoms with Crippen molar-refractivity contribution >= 4 is 10.1 Å². The third-order valence-electron chi connectivity index (χ3n) is 1.97. The SMILES string of the molecule is CC(CCN)(CCN)S(=O)(=O)O. The van der Waals surface area contributed by atoms with E-state index in [1.807, 2.05) is 0 Å². The minimum absolute atomic E-state index is 0.219. The molecule has 0 saturated heterocycles. The molecule has 0 fully saturated rings. The van der Waals surface area contributed by atoms with Crippen LogP contribution in [-0.4, -0.2) is 30.8 Å². The third-order valence-corrected chi connectivity index (χ3v) is 3.62. The zero-order chi connectivity index (χ0) is 9.83. The Labute approximate surface area is 72.9 Å². The summed E-state index contributed by atoms with van der Waals surface area (Å²) < 4.78 is 29.4. The Bertz CT molecular complexity index is 219. The van der Waals surface area contributed by atoms with Gasteiger partial charge in [0.05, 0.1) is 4.75 Å². The average molecular weight is 196 g/mol. The summed E-state index contributed by atoms with van der Waals surface area (Å²) >= 11 is 0. The maximum atomic E-state index is 10.9. The molecule has 5 N–H and O–H groups in total. The molecule has 0 saturated carbocycles. The zero-order valence-corrected chi connectivity index (χ0v) is 7.97. The Morgan fingerprint density at radius 3 is 1.75 bits per heavy atom. The van der Waals surface area contributed by atoms with Crippen LogP contribution >= 0.6 is 0 Å². The molecule has 6 heteroatoms. The van der Waals surface area contributed by atoms with Gasteiger partial charge < -0.3 is 11.5 Å². The van der Waals surface area contributed by atoms with Crippen molar-refractivity contribution in [1.82, 2.24) is 0 Å². The van der Waals surface area contributed by atoms with E-state index in [2.05, 4.69) is 0 Å². The zero-order valence-electron chi connectivity index (χ0n) is 7.16. The predicted octanol–water partition coefficient (Wildman–Crippen LogP) is -0.669. The fraction of sp³-hybridized carbons (Fsp3) is 1.00. The van der Waals surface area contributed by atoms with Crippen molar-refractivity contribution < 1.29 is 13.0 Å². The van der Waals surface area contributed by atoms with Crippen LogP contribution in [0.25, 0.3) is 0 Å². The summed E-state index contributed by atoms with van der Waals surface area (Å²) in [6.45, 7) is 1.88. The van der Waals surface area contributed by atoms with Crippen LogP contribution in [0.4, 0.5) is 0 Å². The molecular formula is C6H16N2O3S. The second-order valence-corrected chi connectivity index (χ2v) is 4.94. The van der Waals surface area contributed by atoms with Gasteiger partial charge in [-0.25, -0.2) is 0 Å². The molecule has 0 spiro atoms. The van der Waals surface area contributed by atoms with E-state index in [1.54, 1.807) is 0 Å². The Morgan fingerprint density at radius 1 is 1.25 bits per heavy atom. The molecule has 74 valence electrons. The van der Waals surface area contributed by atoms with E-state index in [-0.39, 0.29) is 25.9 Å². The van der Waals surface area contributed by atoms with Gasteiger partial charge in [-0.2, -0.15) is 8.42 Å². The molecule has 0 aliphatic rings. The van der Waals surface area contributed by atoms with E-state index in [0.29, 0.717) is 0 Å². The van der Waals surface area contributed by atoms with E-state index in [1.165, 1.54) is 6.92 Å². The minimum atomic E-state index is -4.05. The number of hydrogen-bond acceptors (Lipinski definition) is 4. The van der Waals surface area contributed by atoms with Crippen molar-refractivity contribution in [2.45, 2.75) is 24.5 Å². The van der Waals surface area contributed by atoms with E-state index in [0.717, 1.165) is 0 Å². The van der Waals surface area contributed by atoms with Crippen molar-refractivity contribution in [3.8, 4) is 0 Å². The van der Waals surface area contributed by atoms with Crippen LogP contribution < -0.4 is 11.5 Å². The van der Waals surface area contributed by atoms with Crippen molar-refractivity contribution in [1.29, 1.82) is 0 Å². The highest BCUT2D eigenvalue weighted by Gasteiger charge is 2.36. The van der Waals surface area contributed by atoms with Crippen molar-refractivity contribution in [2.75, 3.05) is 13.1 Å². The van der Waals surface area contributed by atoms with Gasteiger partial charge in [0.1, 0.15) is 0 Å². The lowest BCUT2D eigenvalue weighted by Gasteiger charge is -2.24. The summed E-state index contributed by atoms with van der Waals surface area (Å²) in [5.74, 6) is 0. The van der Waals surface area contributed by atoms with Crippen LogP contribution in [0.5, 0.6) is 0 Å². The van der Waals surface area contributed by atoms with Crippen LogP contribution in [-0.2, 0) is 10.1 Å². The van der Waals surface area contributed by atoms with Crippen LogP contribution in [0.2, 0.25) is 0 Å². The monoisotopic (exact) mass is 196 g/mol. The van der Waals surface area contributed by atoms with Gasteiger partial charge in [0.25, 0.3) is 10.1 Å². The van der Waals surface area contributed by atoms with Crippen molar-refractivity contribution in [3.63, 3.8) is 0 Å². The van der Waals surface area contributed by atoms with Crippen LogP contribution in [0.1, 0.15) is 19.8 Å². The lowest BCUT2D eigenvalue weighted by Crippen LogP contribution is -2.39. The Morgan fingerprint density at radius 2 is 1.58 bits per heavy atom. The molecule has 0 aromatic heterocycles. The molecule has 0 aliphatic heterocycles. The largest absolute Gasteiger partial charge is 0.330 e. The summed E-state index contributed by atoms with van der Waals surface area (Å²) in [5.41, 5.74) is 10.5. The highest BCUT2D eigenvalue weighted by atomic mass is 32.2. The number of hydrogen-bond donors (Lipinski definition) is 3. The van der Waals surface area contributed by atoms with Gasteiger partial charge >= 0.3 is 0 Å². The second kappa shape index (κ2) is 4.18. The molecule has 0 aromatic rings. The molecule has 12 heavy (non-hydrogen) atoms. The lowest BCUT2D eigenvalue weighted by molar-refractivity contribution is 0.410. The molecule has 0 aromatic carbocycles.